The van der Waals surface area contributed by atoms with Crippen molar-refractivity contribution >= 4 is 5.91 Å². The van der Waals surface area contributed by atoms with E-state index in [-0.39, 0.29) is 17.5 Å². The van der Waals surface area contributed by atoms with Crippen LogP contribution in [0.25, 0.3) is 5.69 Å². The number of hydrogen-bond acceptors (Lipinski definition) is 2. The van der Waals surface area contributed by atoms with Crippen molar-refractivity contribution in [3.8, 4) is 5.69 Å². The molecule has 1 saturated heterocycles. The van der Waals surface area contributed by atoms with Gasteiger partial charge in [-0.2, -0.15) is 0 Å². The maximum Gasteiger partial charge on any atom is 0.272 e. The fraction of sp³-hybridized carbons (Fsp3) is 0.412. The molecule has 2 aromatic rings. The average Bonchev–Trinajstić information content (AvgIpc) is 3.14. The molecule has 1 aliphatic rings. The van der Waals surface area contributed by atoms with Gasteiger partial charge in [-0.05, 0) is 30.9 Å². The molecule has 5 nitrogen and oxygen atoms in total. The van der Waals surface area contributed by atoms with Gasteiger partial charge >= 0.3 is 0 Å². The van der Waals surface area contributed by atoms with Gasteiger partial charge < -0.3 is 4.90 Å². The third kappa shape index (κ3) is 2.58. The van der Waals surface area contributed by atoms with Gasteiger partial charge in [-0.1, -0.05) is 32.0 Å². The summed E-state index contributed by atoms with van der Waals surface area (Å²) < 4.78 is 1.41. The predicted molar refractivity (Wildman–Crippen MR) is 85.3 cm³/mol. The summed E-state index contributed by atoms with van der Waals surface area (Å²) in [4.78, 5) is 26.7. The number of H-pyrrole nitrogens is 1. The number of para-hydroxylation sites is 1. The second-order valence-corrected chi connectivity index (χ2v) is 6.13. The van der Waals surface area contributed by atoms with Crippen LogP contribution in [0.1, 0.15) is 37.2 Å². The SMILES string of the molecule is CC(C)C1CCCN1C(=O)c1cc(=O)n(-c2ccccc2)[nH]1. The molecule has 2 heterocycles. The van der Waals surface area contributed by atoms with Gasteiger partial charge in [0.1, 0.15) is 5.69 Å². The molecule has 0 bridgehead atoms. The van der Waals surface area contributed by atoms with Crippen LogP contribution in [0.4, 0.5) is 0 Å². The Kier molecular flexibility index (Phi) is 3.88. The van der Waals surface area contributed by atoms with Crippen molar-refractivity contribution in [3.63, 3.8) is 0 Å². The van der Waals surface area contributed by atoms with Crippen LogP contribution in [-0.2, 0) is 0 Å². The van der Waals surface area contributed by atoms with E-state index in [9.17, 15) is 9.59 Å². The monoisotopic (exact) mass is 299 g/mol. The van der Waals surface area contributed by atoms with E-state index in [0.29, 0.717) is 11.6 Å². The Bertz CT molecular complexity index is 715. The zero-order chi connectivity index (χ0) is 15.7. The normalized spacial score (nSPS) is 18.1. The predicted octanol–water partition coefficient (Wildman–Crippen LogP) is 2.43. The number of aromatic nitrogens is 2. The third-order valence-corrected chi connectivity index (χ3v) is 4.29. The summed E-state index contributed by atoms with van der Waals surface area (Å²) in [6.45, 7) is 5.03. The molecule has 0 saturated carbocycles. The van der Waals surface area contributed by atoms with Crippen LogP contribution in [0.15, 0.2) is 41.2 Å². The molecule has 0 aliphatic carbocycles. The molecular weight excluding hydrogens is 278 g/mol. The van der Waals surface area contributed by atoms with Gasteiger partial charge in [0, 0.05) is 18.7 Å². The van der Waals surface area contributed by atoms with E-state index < -0.39 is 0 Å². The molecule has 5 heteroatoms. The fourth-order valence-corrected chi connectivity index (χ4v) is 3.17. The highest BCUT2D eigenvalue weighted by Gasteiger charge is 2.32. The molecule has 0 spiro atoms. The Labute approximate surface area is 129 Å². The number of likely N-dealkylation sites (tertiary alicyclic amines) is 1. The Balaban J connectivity index is 1.90. The van der Waals surface area contributed by atoms with Gasteiger partial charge in [-0.3, -0.25) is 14.7 Å². The molecule has 1 atom stereocenters. The lowest BCUT2D eigenvalue weighted by atomic mass is 10.0. The van der Waals surface area contributed by atoms with E-state index in [1.807, 2.05) is 35.2 Å². The lowest BCUT2D eigenvalue weighted by molar-refractivity contribution is 0.0695. The molecule has 1 unspecified atom stereocenters. The lowest BCUT2D eigenvalue weighted by Gasteiger charge is -2.27. The van der Waals surface area contributed by atoms with Crippen LogP contribution in [0.3, 0.4) is 0 Å². The van der Waals surface area contributed by atoms with Gasteiger partial charge in [0.15, 0.2) is 0 Å². The zero-order valence-corrected chi connectivity index (χ0v) is 13.0. The summed E-state index contributed by atoms with van der Waals surface area (Å²) in [5, 5.41) is 2.95. The molecule has 1 fully saturated rings. The summed E-state index contributed by atoms with van der Waals surface area (Å²) in [6.07, 6.45) is 2.06. The molecule has 0 radical (unpaired) electrons. The molecule has 1 aromatic heterocycles. The molecular formula is C17H21N3O2. The number of hydrogen-bond donors (Lipinski definition) is 1. The smallest absolute Gasteiger partial charge is 0.272 e. The van der Waals surface area contributed by atoms with Crippen LogP contribution < -0.4 is 5.56 Å². The van der Waals surface area contributed by atoms with E-state index in [1.54, 1.807) is 0 Å². The molecule has 22 heavy (non-hydrogen) atoms. The summed E-state index contributed by atoms with van der Waals surface area (Å²) in [6, 6.07) is 10.9. The standard InChI is InChI=1S/C17H21N3O2/c1-12(2)15-9-6-10-19(15)17(22)14-11-16(21)20(18-14)13-7-4-3-5-8-13/h3-5,7-8,11-12,15,18H,6,9-10H2,1-2H3. The van der Waals surface area contributed by atoms with E-state index in [0.717, 1.165) is 25.1 Å². The summed E-state index contributed by atoms with van der Waals surface area (Å²) in [7, 11) is 0. The van der Waals surface area contributed by atoms with E-state index in [4.69, 9.17) is 0 Å². The number of nitrogens with one attached hydrogen (secondary N) is 1. The van der Waals surface area contributed by atoms with Crippen molar-refractivity contribution in [3.05, 3.63) is 52.4 Å². The average molecular weight is 299 g/mol. The highest BCUT2D eigenvalue weighted by atomic mass is 16.2. The fourth-order valence-electron chi connectivity index (χ4n) is 3.17. The highest BCUT2D eigenvalue weighted by molar-refractivity contribution is 5.92. The Morgan fingerprint density at radius 3 is 2.68 bits per heavy atom. The summed E-state index contributed by atoms with van der Waals surface area (Å²) in [5.41, 5.74) is 0.879. The molecule has 1 aromatic carbocycles. The van der Waals surface area contributed by atoms with E-state index in [2.05, 4.69) is 18.9 Å². The lowest BCUT2D eigenvalue weighted by Crippen LogP contribution is -2.38. The number of carbonyl (C=O) groups excluding carboxylic acids is 1. The second kappa shape index (κ2) is 5.83. The second-order valence-electron chi connectivity index (χ2n) is 6.13. The Hall–Kier alpha value is -2.30. The Morgan fingerprint density at radius 2 is 2.00 bits per heavy atom. The van der Waals surface area contributed by atoms with Crippen molar-refractivity contribution in [2.45, 2.75) is 32.7 Å². The number of benzene rings is 1. The van der Waals surface area contributed by atoms with Crippen molar-refractivity contribution in [1.82, 2.24) is 14.7 Å². The van der Waals surface area contributed by atoms with E-state index in [1.165, 1.54) is 10.7 Å². The zero-order valence-electron chi connectivity index (χ0n) is 13.0. The van der Waals surface area contributed by atoms with Crippen molar-refractivity contribution in [1.29, 1.82) is 0 Å². The molecule has 3 rings (SSSR count). The van der Waals surface area contributed by atoms with Crippen LogP contribution in [-0.4, -0.2) is 33.2 Å². The first-order chi connectivity index (χ1) is 10.6. The Morgan fingerprint density at radius 1 is 1.27 bits per heavy atom. The first kappa shape index (κ1) is 14.6. The maximum atomic E-state index is 12.7. The molecule has 1 N–H and O–H groups in total. The van der Waals surface area contributed by atoms with E-state index >= 15 is 0 Å². The third-order valence-electron chi connectivity index (χ3n) is 4.29. The largest absolute Gasteiger partial charge is 0.334 e. The first-order valence-electron chi connectivity index (χ1n) is 7.76. The number of nitrogens with zero attached hydrogens (tertiary/aromatic N) is 2. The topological polar surface area (TPSA) is 58.1 Å². The van der Waals surface area contributed by atoms with Gasteiger partial charge in [-0.25, -0.2) is 4.68 Å². The minimum absolute atomic E-state index is 0.0806. The van der Waals surface area contributed by atoms with Crippen LogP contribution in [0.2, 0.25) is 0 Å². The van der Waals surface area contributed by atoms with Gasteiger partial charge in [0.2, 0.25) is 0 Å². The molecule has 1 amide bonds. The van der Waals surface area contributed by atoms with Crippen molar-refractivity contribution in [2.75, 3.05) is 6.54 Å². The number of amides is 1. The highest BCUT2D eigenvalue weighted by Crippen LogP contribution is 2.25. The number of carbonyl (C=O) groups is 1. The number of rotatable bonds is 3. The summed E-state index contributed by atoms with van der Waals surface area (Å²) in [5.74, 6) is 0.345. The van der Waals surface area contributed by atoms with Crippen molar-refractivity contribution < 1.29 is 4.79 Å². The van der Waals surface area contributed by atoms with Crippen LogP contribution in [0.5, 0.6) is 0 Å². The molecule has 1 aliphatic heterocycles. The minimum Gasteiger partial charge on any atom is -0.334 e. The minimum atomic E-state index is -0.213. The maximum absolute atomic E-state index is 12.7. The van der Waals surface area contributed by atoms with Gasteiger partial charge in [0.25, 0.3) is 11.5 Å². The van der Waals surface area contributed by atoms with Crippen LogP contribution in [0, 0.1) is 5.92 Å². The van der Waals surface area contributed by atoms with Gasteiger partial charge in [-0.15, -0.1) is 0 Å². The number of aromatic amines is 1. The van der Waals surface area contributed by atoms with Gasteiger partial charge in [0.05, 0.1) is 5.69 Å². The summed E-state index contributed by atoms with van der Waals surface area (Å²) >= 11 is 0. The van der Waals surface area contributed by atoms with Crippen molar-refractivity contribution in [2.24, 2.45) is 5.92 Å². The van der Waals surface area contributed by atoms with Crippen LogP contribution >= 0.6 is 0 Å². The molecule has 116 valence electrons. The quantitative estimate of drug-likeness (QED) is 0.946. The first-order valence-corrected chi connectivity index (χ1v) is 7.76.